The fourth-order valence-electron chi connectivity index (χ4n) is 5.58. The van der Waals surface area contributed by atoms with Gasteiger partial charge in [-0.1, -0.05) is 18.6 Å². The molecule has 0 bridgehead atoms. The van der Waals surface area contributed by atoms with Crippen LogP contribution in [0.1, 0.15) is 73.2 Å². The Morgan fingerprint density at radius 2 is 1.72 bits per heavy atom. The maximum Gasteiger partial charge on any atom is 0.343 e. The van der Waals surface area contributed by atoms with E-state index in [2.05, 4.69) is 6.58 Å². The van der Waals surface area contributed by atoms with Crippen molar-refractivity contribution in [2.75, 3.05) is 0 Å². The van der Waals surface area contributed by atoms with Gasteiger partial charge >= 0.3 is 5.97 Å². The highest BCUT2D eigenvalue weighted by Crippen LogP contribution is 2.48. The lowest BCUT2D eigenvalue weighted by atomic mass is 9.63. The summed E-state index contributed by atoms with van der Waals surface area (Å²) in [5, 5.41) is 0. The third-order valence-electron chi connectivity index (χ3n) is 7.28. The summed E-state index contributed by atoms with van der Waals surface area (Å²) in [7, 11) is 0. The molecule has 0 radical (unpaired) electrons. The molecule has 2 aromatic carbocycles. The van der Waals surface area contributed by atoms with Crippen LogP contribution in [0.5, 0.6) is 5.75 Å². The highest BCUT2D eigenvalue weighted by molar-refractivity contribution is 5.91. The van der Waals surface area contributed by atoms with Crippen molar-refractivity contribution in [2.45, 2.75) is 57.3 Å². The van der Waals surface area contributed by atoms with Crippen molar-refractivity contribution in [1.29, 1.82) is 0 Å². The molecule has 0 amide bonds. The molecule has 0 spiro atoms. The number of hydrogen-bond acceptors (Lipinski definition) is 2. The van der Waals surface area contributed by atoms with E-state index >= 15 is 0 Å². The number of fused-ring (bicyclic) bond motifs is 1. The third kappa shape index (κ3) is 5.08. The number of carbonyl (C=O) groups excluding carboxylic acids is 1. The van der Waals surface area contributed by atoms with Crippen molar-refractivity contribution in [3.63, 3.8) is 0 Å². The Morgan fingerprint density at radius 3 is 2.47 bits per heavy atom. The van der Waals surface area contributed by atoms with Crippen LogP contribution in [-0.4, -0.2) is 5.97 Å². The number of halogens is 3. The van der Waals surface area contributed by atoms with Crippen molar-refractivity contribution in [3.8, 4) is 5.75 Å². The van der Waals surface area contributed by atoms with Gasteiger partial charge in [0.05, 0.1) is 5.56 Å². The molecule has 2 saturated carbocycles. The summed E-state index contributed by atoms with van der Waals surface area (Å²) in [5.41, 5.74) is 0.703. The summed E-state index contributed by atoms with van der Waals surface area (Å²) in [6.45, 7) is 3.83. The third-order valence-corrected chi connectivity index (χ3v) is 7.28. The lowest BCUT2D eigenvalue weighted by molar-refractivity contribution is 0.0733. The van der Waals surface area contributed by atoms with E-state index in [0.29, 0.717) is 11.5 Å². The molecule has 0 N–H and O–H groups in total. The first-order valence-corrected chi connectivity index (χ1v) is 11.5. The molecule has 0 aliphatic heterocycles. The van der Waals surface area contributed by atoms with Gasteiger partial charge in [-0.05, 0) is 98.4 Å². The van der Waals surface area contributed by atoms with E-state index in [4.69, 9.17) is 4.74 Å². The molecule has 2 fully saturated rings. The number of ether oxygens (including phenoxy) is 1. The summed E-state index contributed by atoms with van der Waals surface area (Å²) in [4.78, 5) is 12.3. The summed E-state index contributed by atoms with van der Waals surface area (Å²) in [5.74, 6) is -1.13. The van der Waals surface area contributed by atoms with Crippen LogP contribution in [0.3, 0.4) is 0 Å². The molecule has 0 saturated heterocycles. The quantitative estimate of drug-likeness (QED) is 0.262. The van der Waals surface area contributed by atoms with Gasteiger partial charge in [0.2, 0.25) is 0 Å². The van der Waals surface area contributed by atoms with E-state index in [-0.39, 0.29) is 17.2 Å². The minimum absolute atomic E-state index is 0.0485. The molecule has 0 heterocycles. The van der Waals surface area contributed by atoms with Crippen LogP contribution in [0.2, 0.25) is 0 Å². The zero-order valence-corrected chi connectivity index (χ0v) is 18.2. The van der Waals surface area contributed by atoms with Crippen LogP contribution in [-0.2, 0) is 0 Å². The minimum Gasteiger partial charge on any atom is -0.423 e. The minimum atomic E-state index is -1.11. The zero-order valence-electron chi connectivity index (χ0n) is 18.2. The zero-order chi connectivity index (χ0) is 22.7. The van der Waals surface area contributed by atoms with Crippen LogP contribution in [0.15, 0.2) is 49.1 Å². The normalized spacial score (nSPS) is 25.1. The summed E-state index contributed by atoms with van der Waals surface area (Å²) >= 11 is 0. The smallest absolute Gasteiger partial charge is 0.343 e. The monoisotopic (exact) mass is 442 g/mol. The van der Waals surface area contributed by atoms with Gasteiger partial charge in [-0.2, -0.15) is 0 Å². The molecule has 2 nitrogen and oxygen atoms in total. The summed E-state index contributed by atoms with van der Waals surface area (Å²) in [6, 6.07) is 7.26. The first kappa shape index (κ1) is 22.6. The number of rotatable bonds is 6. The van der Waals surface area contributed by atoms with Crippen molar-refractivity contribution in [1.82, 2.24) is 0 Å². The van der Waals surface area contributed by atoms with Crippen LogP contribution in [0, 0.1) is 35.2 Å². The van der Waals surface area contributed by atoms with E-state index < -0.39 is 23.4 Å². The van der Waals surface area contributed by atoms with E-state index in [1.54, 1.807) is 12.1 Å². The average molecular weight is 443 g/mol. The van der Waals surface area contributed by atoms with E-state index in [9.17, 15) is 18.0 Å². The van der Waals surface area contributed by atoms with Crippen LogP contribution in [0.25, 0.3) is 0 Å². The SMILES string of the molecule is C=CCCC1CCC2CC(c3ccc(C(=O)Oc4ccc(F)c(F)c4)cc3F)CCC2C1. The Morgan fingerprint density at radius 1 is 0.938 bits per heavy atom. The average Bonchev–Trinajstić information content (AvgIpc) is 2.79. The fourth-order valence-corrected chi connectivity index (χ4v) is 5.58. The van der Waals surface area contributed by atoms with Gasteiger partial charge in [0, 0.05) is 6.07 Å². The number of allylic oxidation sites excluding steroid dienone is 1. The highest BCUT2D eigenvalue weighted by Gasteiger charge is 2.36. The molecule has 4 rings (SSSR count). The Kier molecular flexibility index (Phi) is 7.02. The predicted octanol–water partition coefficient (Wildman–Crippen LogP) is 7.59. The number of carbonyl (C=O) groups is 1. The van der Waals surface area contributed by atoms with Gasteiger partial charge in [0.15, 0.2) is 11.6 Å². The summed E-state index contributed by atoms with van der Waals surface area (Å²) < 4.78 is 46.4. The number of esters is 1. The van der Waals surface area contributed by atoms with Gasteiger partial charge in [-0.15, -0.1) is 6.58 Å². The Hall–Kier alpha value is -2.56. The molecule has 2 aromatic rings. The number of benzene rings is 2. The molecule has 4 atom stereocenters. The lowest BCUT2D eigenvalue weighted by Crippen LogP contribution is -2.30. The van der Waals surface area contributed by atoms with Gasteiger partial charge in [0.1, 0.15) is 11.6 Å². The van der Waals surface area contributed by atoms with Crippen molar-refractivity contribution in [3.05, 3.63) is 77.6 Å². The molecule has 4 unspecified atom stereocenters. The lowest BCUT2D eigenvalue weighted by Gasteiger charge is -2.42. The maximum atomic E-state index is 14.9. The maximum absolute atomic E-state index is 14.9. The van der Waals surface area contributed by atoms with E-state index in [0.717, 1.165) is 55.7 Å². The largest absolute Gasteiger partial charge is 0.423 e. The first-order chi connectivity index (χ1) is 15.4. The second kappa shape index (κ2) is 9.93. The van der Waals surface area contributed by atoms with Gasteiger partial charge < -0.3 is 4.74 Å². The van der Waals surface area contributed by atoms with Crippen molar-refractivity contribution in [2.24, 2.45) is 17.8 Å². The summed E-state index contributed by atoms with van der Waals surface area (Å²) in [6.07, 6.45) is 11.1. The second-order valence-corrected chi connectivity index (χ2v) is 9.28. The molecule has 170 valence electrons. The second-order valence-electron chi connectivity index (χ2n) is 9.28. The van der Waals surface area contributed by atoms with Crippen LogP contribution in [0.4, 0.5) is 13.2 Å². The van der Waals surface area contributed by atoms with Gasteiger partial charge in [0.25, 0.3) is 0 Å². The van der Waals surface area contributed by atoms with E-state index in [1.807, 2.05) is 6.08 Å². The Bertz CT molecular complexity index is 987. The van der Waals surface area contributed by atoms with Crippen molar-refractivity contribution < 1.29 is 22.7 Å². The van der Waals surface area contributed by atoms with Crippen molar-refractivity contribution >= 4 is 5.97 Å². The van der Waals surface area contributed by atoms with Gasteiger partial charge in [-0.3, -0.25) is 0 Å². The molecule has 0 aromatic heterocycles. The number of hydrogen-bond donors (Lipinski definition) is 0. The predicted molar refractivity (Wildman–Crippen MR) is 118 cm³/mol. The van der Waals surface area contributed by atoms with Crippen LogP contribution < -0.4 is 4.74 Å². The molecule has 32 heavy (non-hydrogen) atoms. The highest BCUT2D eigenvalue weighted by atomic mass is 19.2. The topological polar surface area (TPSA) is 26.3 Å². The van der Waals surface area contributed by atoms with E-state index in [1.165, 1.54) is 31.7 Å². The first-order valence-electron chi connectivity index (χ1n) is 11.5. The molecule has 2 aliphatic rings. The molecule has 2 aliphatic carbocycles. The van der Waals surface area contributed by atoms with Gasteiger partial charge in [-0.25, -0.2) is 18.0 Å². The standard InChI is InChI=1S/C27H29F3O2/c1-2-3-4-17-5-6-19-14-20(8-7-18(19)13-17)23-11-9-21(15-25(23)29)27(31)32-22-10-12-24(28)26(30)16-22/h2,9-12,15-20H,1,3-8,13-14H2. The molecule has 5 heteroatoms. The Labute approximate surface area is 187 Å². The molecular weight excluding hydrogens is 413 g/mol. The Balaban J connectivity index is 1.39. The fraction of sp³-hybridized carbons (Fsp3) is 0.444. The molecular formula is C27H29F3O2. The van der Waals surface area contributed by atoms with Crippen LogP contribution >= 0.6 is 0 Å².